The third-order valence-electron chi connectivity index (χ3n) is 2.34. The van der Waals surface area contributed by atoms with Crippen molar-refractivity contribution >= 4 is 23.4 Å². The predicted molar refractivity (Wildman–Crippen MR) is 73.3 cm³/mol. The van der Waals surface area contributed by atoms with Crippen LogP contribution in [0.5, 0.6) is 0 Å². The number of carbonyl (C=O) groups is 2. The number of carbonyl (C=O) groups excluding carboxylic acids is 2. The van der Waals surface area contributed by atoms with Gasteiger partial charge in [0.05, 0.1) is 6.54 Å². The largest absolute Gasteiger partial charge is 0.385 e. The van der Waals surface area contributed by atoms with Gasteiger partial charge in [0.2, 0.25) is 5.91 Å². The number of methoxy groups -OCH3 is 1. The normalized spacial score (nSPS) is 10.0. The molecule has 0 atom stereocenters. The molecule has 0 saturated carbocycles. The van der Waals surface area contributed by atoms with Crippen LogP contribution in [0.15, 0.2) is 24.3 Å². The van der Waals surface area contributed by atoms with Crippen LogP contribution in [0.3, 0.4) is 0 Å². The van der Waals surface area contributed by atoms with Crippen molar-refractivity contribution in [3.05, 3.63) is 34.9 Å². The highest BCUT2D eigenvalue weighted by Crippen LogP contribution is 2.10. The molecule has 0 fully saturated rings. The fourth-order valence-electron chi connectivity index (χ4n) is 1.40. The quantitative estimate of drug-likeness (QED) is 0.740. The summed E-state index contributed by atoms with van der Waals surface area (Å²) in [7, 11) is 1.60. The lowest BCUT2D eigenvalue weighted by molar-refractivity contribution is -0.120. The highest BCUT2D eigenvalue weighted by molar-refractivity contribution is 6.30. The molecule has 0 spiro atoms. The maximum Gasteiger partial charge on any atom is 0.251 e. The average molecular weight is 285 g/mol. The average Bonchev–Trinajstić information content (AvgIpc) is 2.41. The van der Waals surface area contributed by atoms with Crippen LogP contribution in [0.2, 0.25) is 5.02 Å². The van der Waals surface area contributed by atoms with Gasteiger partial charge in [0.25, 0.3) is 5.91 Å². The molecule has 0 aliphatic heterocycles. The first-order valence-electron chi connectivity index (χ1n) is 5.93. The molecule has 6 heteroatoms. The topological polar surface area (TPSA) is 67.4 Å². The molecule has 2 amide bonds. The molecule has 2 N–H and O–H groups in total. The van der Waals surface area contributed by atoms with Crippen molar-refractivity contribution in [2.24, 2.45) is 0 Å². The predicted octanol–water partition coefficient (Wildman–Crippen LogP) is 1.22. The molecule has 0 radical (unpaired) electrons. The zero-order chi connectivity index (χ0) is 14.1. The van der Waals surface area contributed by atoms with Gasteiger partial charge in [-0.15, -0.1) is 0 Å². The Hall–Kier alpha value is -1.59. The van der Waals surface area contributed by atoms with Gasteiger partial charge >= 0.3 is 0 Å². The molecule has 0 heterocycles. The minimum atomic E-state index is -0.324. The molecule has 19 heavy (non-hydrogen) atoms. The van der Waals surface area contributed by atoms with E-state index in [1.54, 1.807) is 31.4 Å². The lowest BCUT2D eigenvalue weighted by Gasteiger charge is -2.07. The molecule has 5 nitrogen and oxygen atoms in total. The summed E-state index contributed by atoms with van der Waals surface area (Å²) in [6.07, 6.45) is 0.741. The summed E-state index contributed by atoms with van der Waals surface area (Å²) in [5.74, 6) is -0.555. The van der Waals surface area contributed by atoms with E-state index < -0.39 is 0 Å². The van der Waals surface area contributed by atoms with Gasteiger partial charge in [-0.2, -0.15) is 0 Å². The van der Waals surface area contributed by atoms with Gasteiger partial charge < -0.3 is 15.4 Å². The molecule has 0 aromatic heterocycles. The van der Waals surface area contributed by atoms with Gasteiger partial charge in [-0.05, 0) is 24.6 Å². The molecule has 1 aromatic carbocycles. The van der Waals surface area contributed by atoms with Crippen molar-refractivity contribution in [1.29, 1.82) is 0 Å². The molecular weight excluding hydrogens is 268 g/mol. The van der Waals surface area contributed by atoms with Crippen LogP contribution < -0.4 is 10.6 Å². The van der Waals surface area contributed by atoms with E-state index in [-0.39, 0.29) is 18.4 Å². The highest BCUT2D eigenvalue weighted by atomic mass is 35.5. The monoisotopic (exact) mass is 284 g/mol. The number of amides is 2. The summed E-state index contributed by atoms with van der Waals surface area (Å²) in [6, 6.07) is 6.55. The molecule has 0 saturated heterocycles. The van der Waals surface area contributed by atoms with E-state index in [0.717, 1.165) is 6.42 Å². The van der Waals surface area contributed by atoms with E-state index in [4.69, 9.17) is 16.3 Å². The number of benzene rings is 1. The Kier molecular flexibility index (Phi) is 6.92. The Morgan fingerprint density at radius 3 is 2.79 bits per heavy atom. The first-order valence-corrected chi connectivity index (χ1v) is 6.30. The van der Waals surface area contributed by atoms with E-state index in [9.17, 15) is 9.59 Å². The van der Waals surface area contributed by atoms with Crippen LogP contribution in [0.25, 0.3) is 0 Å². The Morgan fingerprint density at radius 2 is 2.11 bits per heavy atom. The number of hydrogen-bond acceptors (Lipinski definition) is 3. The molecule has 0 unspecified atom stereocenters. The van der Waals surface area contributed by atoms with Crippen LogP contribution in [0.1, 0.15) is 16.8 Å². The maximum atomic E-state index is 11.7. The summed E-state index contributed by atoms with van der Waals surface area (Å²) in [6.45, 7) is 1.06. The Morgan fingerprint density at radius 1 is 1.32 bits per heavy atom. The van der Waals surface area contributed by atoms with Gasteiger partial charge in [-0.3, -0.25) is 9.59 Å². The third kappa shape index (κ3) is 6.22. The SMILES string of the molecule is COCCCNC(=O)CNC(=O)c1cccc(Cl)c1. The van der Waals surface area contributed by atoms with E-state index in [1.165, 1.54) is 0 Å². The van der Waals surface area contributed by atoms with E-state index in [0.29, 0.717) is 23.7 Å². The lowest BCUT2D eigenvalue weighted by atomic mass is 10.2. The second-order valence-electron chi connectivity index (χ2n) is 3.89. The van der Waals surface area contributed by atoms with Crippen molar-refractivity contribution in [3.63, 3.8) is 0 Å². The lowest BCUT2D eigenvalue weighted by Crippen LogP contribution is -2.37. The van der Waals surface area contributed by atoms with Crippen molar-refractivity contribution in [2.45, 2.75) is 6.42 Å². The molecule has 1 rings (SSSR count). The molecule has 1 aromatic rings. The van der Waals surface area contributed by atoms with Gasteiger partial charge in [-0.25, -0.2) is 0 Å². The molecule has 104 valence electrons. The van der Waals surface area contributed by atoms with Crippen LogP contribution in [-0.4, -0.2) is 38.6 Å². The van der Waals surface area contributed by atoms with E-state index >= 15 is 0 Å². The zero-order valence-corrected chi connectivity index (χ0v) is 11.5. The summed E-state index contributed by atoms with van der Waals surface area (Å²) < 4.78 is 4.86. The van der Waals surface area contributed by atoms with Crippen molar-refractivity contribution < 1.29 is 14.3 Å². The number of rotatable bonds is 7. The smallest absolute Gasteiger partial charge is 0.251 e. The van der Waals surface area contributed by atoms with Crippen molar-refractivity contribution in [3.8, 4) is 0 Å². The first-order chi connectivity index (χ1) is 9.13. The molecule has 0 bridgehead atoms. The summed E-state index contributed by atoms with van der Waals surface area (Å²) in [5, 5.41) is 5.68. The summed E-state index contributed by atoms with van der Waals surface area (Å²) in [5.41, 5.74) is 0.430. The Bertz CT molecular complexity index is 438. The van der Waals surface area contributed by atoms with E-state index in [1.807, 2.05) is 0 Å². The van der Waals surface area contributed by atoms with Gasteiger partial charge in [-0.1, -0.05) is 17.7 Å². The fraction of sp³-hybridized carbons (Fsp3) is 0.385. The number of hydrogen-bond donors (Lipinski definition) is 2. The number of halogens is 1. The second kappa shape index (κ2) is 8.50. The number of nitrogens with one attached hydrogen (secondary N) is 2. The first kappa shape index (κ1) is 15.5. The van der Waals surface area contributed by atoms with Crippen LogP contribution >= 0.6 is 11.6 Å². The van der Waals surface area contributed by atoms with Gasteiger partial charge in [0, 0.05) is 30.8 Å². The van der Waals surface area contributed by atoms with Crippen LogP contribution in [0, 0.1) is 0 Å². The Balaban J connectivity index is 2.28. The van der Waals surface area contributed by atoms with Crippen LogP contribution in [0.4, 0.5) is 0 Å². The fourth-order valence-corrected chi connectivity index (χ4v) is 1.59. The van der Waals surface area contributed by atoms with Gasteiger partial charge in [0.15, 0.2) is 0 Å². The van der Waals surface area contributed by atoms with Crippen molar-refractivity contribution in [2.75, 3.05) is 26.8 Å². The van der Waals surface area contributed by atoms with Crippen LogP contribution in [-0.2, 0) is 9.53 Å². The third-order valence-corrected chi connectivity index (χ3v) is 2.58. The van der Waals surface area contributed by atoms with Crippen molar-refractivity contribution in [1.82, 2.24) is 10.6 Å². The molecule has 0 aliphatic carbocycles. The van der Waals surface area contributed by atoms with Gasteiger partial charge in [0.1, 0.15) is 0 Å². The molecule has 0 aliphatic rings. The minimum absolute atomic E-state index is 0.0572. The molecular formula is C13H17ClN2O3. The summed E-state index contributed by atoms with van der Waals surface area (Å²) >= 11 is 5.78. The second-order valence-corrected chi connectivity index (χ2v) is 4.33. The number of ether oxygens (including phenoxy) is 1. The Labute approximate surface area is 117 Å². The standard InChI is InChI=1S/C13H17ClN2O3/c1-19-7-3-6-15-12(17)9-16-13(18)10-4-2-5-11(14)8-10/h2,4-5,8H,3,6-7,9H2,1H3,(H,15,17)(H,16,18). The maximum absolute atomic E-state index is 11.7. The summed E-state index contributed by atoms with van der Waals surface area (Å²) in [4.78, 5) is 23.1. The zero-order valence-electron chi connectivity index (χ0n) is 10.7. The minimum Gasteiger partial charge on any atom is -0.385 e. The highest BCUT2D eigenvalue weighted by Gasteiger charge is 2.07. The van der Waals surface area contributed by atoms with E-state index in [2.05, 4.69) is 10.6 Å².